The summed E-state index contributed by atoms with van der Waals surface area (Å²) in [6.07, 6.45) is 3.02. The summed E-state index contributed by atoms with van der Waals surface area (Å²) < 4.78 is 15.9. The smallest absolute Gasteiger partial charge is 0.250 e. The number of rotatable bonds is 8. The third-order valence-electron chi connectivity index (χ3n) is 3.63. The van der Waals surface area contributed by atoms with Crippen LogP contribution in [-0.4, -0.2) is 38.4 Å². The zero-order valence-corrected chi connectivity index (χ0v) is 18.2. The van der Waals surface area contributed by atoms with Crippen molar-refractivity contribution < 1.29 is 19.0 Å². The summed E-state index contributed by atoms with van der Waals surface area (Å²) in [6, 6.07) is 10.5. The highest BCUT2D eigenvalue weighted by Crippen LogP contribution is 2.31. The van der Waals surface area contributed by atoms with Gasteiger partial charge < -0.3 is 19.5 Å². The lowest BCUT2D eigenvalue weighted by molar-refractivity contribution is -0.115. The monoisotopic (exact) mass is 454 g/mol. The third-order valence-corrected chi connectivity index (χ3v) is 4.68. The van der Waals surface area contributed by atoms with Crippen LogP contribution in [0.15, 0.2) is 42.5 Å². The van der Waals surface area contributed by atoms with Gasteiger partial charge in [0.15, 0.2) is 16.6 Å². The second kappa shape index (κ2) is 11.5. The number of benzene rings is 2. The van der Waals surface area contributed by atoms with Crippen molar-refractivity contribution in [2.75, 3.05) is 27.4 Å². The lowest BCUT2D eigenvalue weighted by Gasteiger charge is -2.11. The van der Waals surface area contributed by atoms with Crippen molar-refractivity contribution in [1.29, 1.82) is 0 Å². The maximum Gasteiger partial charge on any atom is 0.250 e. The number of amides is 1. The van der Waals surface area contributed by atoms with Gasteiger partial charge in [-0.2, -0.15) is 0 Å². The van der Waals surface area contributed by atoms with E-state index in [2.05, 4.69) is 10.6 Å². The second-order valence-corrected chi connectivity index (χ2v) is 6.79. The number of hydrogen-bond acceptors (Lipinski definition) is 5. The molecule has 0 aliphatic heterocycles. The fourth-order valence-corrected chi connectivity index (χ4v) is 2.80. The van der Waals surface area contributed by atoms with Crippen LogP contribution in [0, 0.1) is 0 Å². The Morgan fingerprint density at radius 1 is 1.10 bits per heavy atom. The lowest BCUT2D eigenvalue weighted by Crippen LogP contribution is -2.40. The minimum absolute atomic E-state index is 0.188. The topological polar surface area (TPSA) is 68.8 Å². The average Bonchev–Trinajstić information content (AvgIpc) is 2.72. The molecule has 154 valence electrons. The van der Waals surface area contributed by atoms with Crippen molar-refractivity contribution in [3.8, 4) is 17.2 Å². The predicted molar refractivity (Wildman–Crippen MR) is 119 cm³/mol. The highest BCUT2D eigenvalue weighted by Gasteiger charge is 2.06. The zero-order chi connectivity index (χ0) is 21.2. The molecule has 0 saturated carbocycles. The van der Waals surface area contributed by atoms with Crippen LogP contribution < -0.4 is 24.8 Å². The summed E-state index contributed by atoms with van der Waals surface area (Å²) >= 11 is 17.1. The summed E-state index contributed by atoms with van der Waals surface area (Å²) in [5.41, 5.74) is 0.781. The first-order chi connectivity index (χ1) is 13.9. The Kier molecular flexibility index (Phi) is 9.05. The molecule has 2 N–H and O–H groups in total. The van der Waals surface area contributed by atoms with E-state index in [-0.39, 0.29) is 17.6 Å². The summed E-state index contributed by atoms with van der Waals surface area (Å²) in [6.45, 7) is 0.666. The molecule has 1 amide bonds. The fourth-order valence-electron chi connectivity index (χ4n) is 2.25. The van der Waals surface area contributed by atoms with Gasteiger partial charge >= 0.3 is 0 Å². The first kappa shape index (κ1) is 22.8. The molecule has 0 unspecified atom stereocenters. The Labute approximate surface area is 184 Å². The van der Waals surface area contributed by atoms with Gasteiger partial charge in [-0.25, -0.2) is 0 Å². The molecule has 0 radical (unpaired) electrons. The standard InChI is InChI=1S/C20H20Cl2N2O4S/c1-26-15-8-6-13(12-17(15)27-2)7-9-18(25)24-20(29)23-10-11-28-16-5-3-4-14(21)19(16)22/h3-9,12H,10-11H2,1-2H3,(H2,23,24,25,29)/b9-7+. The molecule has 0 aliphatic rings. The van der Waals surface area contributed by atoms with Crippen molar-refractivity contribution in [2.45, 2.75) is 0 Å². The molecule has 2 aromatic rings. The molecular formula is C20H20Cl2N2O4S. The maximum absolute atomic E-state index is 12.0. The molecule has 0 aliphatic carbocycles. The van der Waals surface area contributed by atoms with Crippen LogP contribution in [0.5, 0.6) is 17.2 Å². The van der Waals surface area contributed by atoms with E-state index >= 15 is 0 Å². The van der Waals surface area contributed by atoms with E-state index in [0.29, 0.717) is 33.8 Å². The number of carbonyl (C=O) groups is 1. The summed E-state index contributed by atoms with van der Waals surface area (Å²) in [5.74, 6) is 1.30. The maximum atomic E-state index is 12.0. The van der Waals surface area contributed by atoms with Gasteiger partial charge in [0.2, 0.25) is 5.91 Å². The van der Waals surface area contributed by atoms with Crippen LogP contribution in [0.25, 0.3) is 6.08 Å². The van der Waals surface area contributed by atoms with Crippen molar-refractivity contribution in [3.05, 3.63) is 58.1 Å². The van der Waals surface area contributed by atoms with E-state index in [4.69, 9.17) is 49.6 Å². The van der Waals surface area contributed by atoms with Gasteiger partial charge in [0.25, 0.3) is 0 Å². The predicted octanol–water partition coefficient (Wildman–Crippen LogP) is 4.09. The lowest BCUT2D eigenvalue weighted by atomic mass is 10.2. The Balaban J connectivity index is 1.76. The minimum Gasteiger partial charge on any atom is -0.493 e. The Hall–Kier alpha value is -2.48. The Bertz CT molecular complexity index is 906. The minimum atomic E-state index is -0.365. The highest BCUT2D eigenvalue weighted by atomic mass is 35.5. The average molecular weight is 455 g/mol. The van der Waals surface area contributed by atoms with E-state index in [1.54, 1.807) is 56.7 Å². The first-order valence-corrected chi connectivity index (χ1v) is 9.66. The molecule has 0 bridgehead atoms. The molecule has 6 nitrogen and oxygen atoms in total. The number of nitrogens with one attached hydrogen (secondary N) is 2. The first-order valence-electron chi connectivity index (χ1n) is 8.50. The molecular weight excluding hydrogens is 435 g/mol. The van der Waals surface area contributed by atoms with E-state index in [0.717, 1.165) is 5.56 Å². The molecule has 0 aromatic heterocycles. The number of thiocarbonyl (C=S) groups is 1. The van der Waals surface area contributed by atoms with Gasteiger partial charge in [-0.15, -0.1) is 0 Å². The normalized spacial score (nSPS) is 10.5. The van der Waals surface area contributed by atoms with Crippen molar-refractivity contribution in [3.63, 3.8) is 0 Å². The van der Waals surface area contributed by atoms with Gasteiger partial charge in [0.05, 0.1) is 25.8 Å². The van der Waals surface area contributed by atoms with Gasteiger partial charge in [-0.05, 0) is 48.1 Å². The molecule has 0 spiro atoms. The molecule has 0 atom stereocenters. The highest BCUT2D eigenvalue weighted by molar-refractivity contribution is 7.80. The molecule has 0 saturated heterocycles. The summed E-state index contributed by atoms with van der Waals surface area (Å²) in [4.78, 5) is 12.0. The molecule has 9 heteroatoms. The van der Waals surface area contributed by atoms with E-state index in [1.807, 2.05) is 0 Å². The molecule has 2 aromatic carbocycles. The third kappa shape index (κ3) is 7.12. The van der Waals surface area contributed by atoms with Crippen LogP contribution in [0.4, 0.5) is 0 Å². The Morgan fingerprint density at radius 3 is 2.59 bits per heavy atom. The number of ether oxygens (including phenoxy) is 3. The number of carbonyl (C=O) groups excluding carboxylic acids is 1. The molecule has 0 fully saturated rings. The summed E-state index contributed by atoms with van der Waals surface area (Å²) in [7, 11) is 3.11. The van der Waals surface area contributed by atoms with Crippen molar-refractivity contribution in [2.24, 2.45) is 0 Å². The number of hydrogen-bond donors (Lipinski definition) is 2. The van der Waals surface area contributed by atoms with Gasteiger partial charge in [0.1, 0.15) is 17.4 Å². The van der Waals surface area contributed by atoms with Gasteiger partial charge in [-0.3, -0.25) is 10.1 Å². The van der Waals surface area contributed by atoms with Crippen LogP contribution in [0.2, 0.25) is 10.0 Å². The second-order valence-electron chi connectivity index (χ2n) is 5.59. The number of methoxy groups -OCH3 is 2. The van der Waals surface area contributed by atoms with Gasteiger partial charge in [0, 0.05) is 6.08 Å². The van der Waals surface area contributed by atoms with Crippen molar-refractivity contribution in [1.82, 2.24) is 10.6 Å². The zero-order valence-electron chi connectivity index (χ0n) is 15.8. The van der Waals surface area contributed by atoms with E-state index in [1.165, 1.54) is 6.08 Å². The van der Waals surface area contributed by atoms with Crippen LogP contribution in [0.1, 0.15) is 5.56 Å². The molecule has 0 heterocycles. The van der Waals surface area contributed by atoms with Gasteiger partial charge in [-0.1, -0.05) is 35.3 Å². The van der Waals surface area contributed by atoms with Crippen molar-refractivity contribution >= 4 is 52.5 Å². The van der Waals surface area contributed by atoms with Crippen LogP contribution in [0.3, 0.4) is 0 Å². The quantitative estimate of drug-likeness (QED) is 0.355. The largest absolute Gasteiger partial charge is 0.493 e. The fraction of sp³-hybridized carbons (Fsp3) is 0.200. The SMILES string of the molecule is COc1ccc(/C=C/C(=O)NC(=S)NCCOc2cccc(Cl)c2Cl)cc1OC. The Morgan fingerprint density at radius 2 is 1.86 bits per heavy atom. The summed E-state index contributed by atoms with van der Waals surface area (Å²) in [5, 5.41) is 6.39. The van der Waals surface area contributed by atoms with Crippen LogP contribution >= 0.6 is 35.4 Å². The van der Waals surface area contributed by atoms with E-state index < -0.39 is 0 Å². The van der Waals surface area contributed by atoms with Crippen LogP contribution in [-0.2, 0) is 4.79 Å². The molecule has 2 rings (SSSR count). The van der Waals surface area contributed by atoms with E-state index in [9.17, 15) is 4.79 Å². The molecule has 29 heavy (non-hydrogen) atoms. The number of halogens is 2.